The second-order valence-corrected chi connectivity index (χ2v) is 5.08. The lowest BCUT2D eigenvalue weighted by Gasteiger charge is -2.11. The second kappa shape index (κ2) is 18.0. The van der Waals surface area contributed by atoms with Crippen molar-refractivity contribution in [1.82, 2.24) is 10.6 Å². The van der Waals surface area contributed by atoms with Gasteiger partial charge in [-0.25, -0.2) is 0 Å². The second-order valence-electron chi connectivity index (χ2n) is 5.08. The van der Waals surface area contributed by atoms with Gasteiger partial charge in [0.2, 0.25) is 5.91 Å². The predicted octanol–water partition coefficient (Wildman–Crippen LogP) is 2.72. The molecule has 0 radical (unpaired) electrons. The third-order valence-electron chi connectivity index (χ3n) is 2.62. The molecule has 0 aliphatic rings. The quantitative estimate of drug-likeness (QED) is 0.513. The van der Waals surface area contributed by atoms with E-state index in [0.29, 0.717) is 32.3 Å². The van der Waals surface area contributed by atoms with Crippen molar-refractivity contribution in [2.45, 2.75) is 47.5 Å². The lowest BCUT2D eigenvalue weighted by Crippen LogP contribution is -2.28. The Kier molecular flexibility index (Phi) is 19.0. The van der Waals surface area contributed by atoms with Crippen LogP contribution in [0.3, 0.4) is 0 Å². The fourth-order valence-corrected chi connectivity index (χ4v) is 1.48. The van der Waals surface area contributed by atoms with Gasteiger partial charge < -0.3 is 20.1 Å². The number of carbonyl (C=O) groups is 1. The van der Waals surface area contributed by atoms with E-state index in [2.05, 4.69) is 31.1 Å². The van der Waals surface area contributed by atoms with Crippen LogP contribution in [0.15, 0.2) is 12.3 Å². The maximum Gasteiger partial charge on any atom is 0.245 e. The van der Waals surface area contributed by atoms with Crippen LogP contribution in [0.25, 0.3) is 0 Å². The standard InChI is InChI=1S/C15H30N2O3.C2H6/c1-5-16-15(18)12-20-11-10-19-9-8-17-14(4)7-6-13(2)3;1-2/h13,17H,4-12H2,1-3H3,(H,16,18);1-2H3. The molecular formula is C17H36N2O3. The molecule has 5 heteroatoms. The highest BCUT2D eigenvalue weighted by Crippen LogP contribution is 2.07. The van der Waals surface area contributed by atoms with E-state index in [-0.39, 0.29) is 12.5 Å². The van der Waals surface area contributed by atoms with E-state index >= 15 is 0 Å². The number of ether oxygens (including phenoxy) is 2. The Balaban J connectivity index is 0. The first kappa shape index (κ1) is 23.2. The Morgan fingerprint density at radius 2 is 1.73 bits per heavy atom. The van der Waals surface area contributed by atoms with Gasteiger partial charge in [0.1, 0.15) is 6.61 Å². The fraction of sp³-hybridized carbons (Fsp3) is 0.824. The van der Waals surface area contributed by atoms with Gasteiger partial charge in [-0.3, -0.25) is 4.79 Å². The Morgan fingerprint density at radius 1 is 1.09 bits per heavy atom. The van der Waals surface area contributed by atoms with Crippen LogP contribution in [0.2, 0.25) is 0 Å². The van der Waals surface area contributed by atoms with E-state index in [4.69, 9.17) is 9.47 Å². The smallest absolute Gasteiger partial charge is 0.245 e. The molecule has 0 unspecified atom stereocenters. The molecular weight excluding hydrogens is 280 g/mol. The van der Waals surface area contributed by atoms with E-state index in [0.717, 1.165) is 25.1 Å². The molecule has 0 aromatic heterocycles. The molecule has 0 aromatic carbocycles. The lowest BCUT2D eigenvalue weighted by molar-refractivity contribution is -0.126. The highest BCUT2D eigenvalue weighted by atomic mass is 16.5. The van der Waals surface area contributed by atoms with Crippen LogP contribution in [0, 0.1) is 5.92 Å². The minimum Gasteiger partial charge on any atom is -0.387 e. The van der Waals surface area contributed by atoms with Gasteiger partial charge >= 0.3 is 0 Å². The van der Waals surface area contributed by atoms with Gasteiger partial charge in [-0.1, -0.05) is 34.3 Å². The zero-order valence-electron chi connectivity index (χ0n) is 15.2. The number of carbonyl (C=O) groups excluding carboxylic acids is 1. The molecule has 5 nitrogen and oxygen atoms in total. The van der Waals surface area contributed by atoms with Crippen LogP contribution in [0.1, 0.15) is 47.5 Å². The van der Waals surface area contributed by atoms with Crippen molar-refractivity contribution >= 4 is 5.91 Å². The minimum atomic E-state index is -0.0874. The SMILES string of the molecule is C=C(CCC(C)C)NCCOCCOCC(=O)NCC.CC. The molecule has 0 aliphatic heterocycles. The summed E-state index contributed by atoms with van der Waals surface area (Å²) >= 11 is 0. The van der Waals surface area contributed by atoms with E-state index in [1.807, 2.05) is 20.8 Å². The zero-order valence-corrected chi connectivity index (χ0v) is 15.2. The van der Waals surface area contributed by atoms with Crippen LogP contribution < -0.4 is 10.6 Å². The average Bonchev–Trinajstić information content (AvgIpc) is 2.50. The van der Waals surface area contributed by atoms with Crippen LogP contribution in [0.5, 0.6) is 0 Å². The predicted molar refractivity (Wildman–Crippen MR) is 92.9 cm³/mol. The highest BCUT2D eigenvalue weighted by Gasteiger charge is 1.99. The first-order valence-corrected chi connectivity index (χ1v) is 8.40. The van der Waals surface area contributed by atoms with E-state index in [1.165, 1.54) is 0 Å². The van der Waals surface area contributed by atoms with Crippen molar-refractivity contribution in [3.05, 3.63) is 12.3 Å². The number of likely N-dealkylation sites (N-methyl/N-ethyl adjacent to an activating group) is 1. The summed E-state index contributed by atoms with van der Waals surface area (Å²) in [6.07, 6.45) is 2.16. The van der Waals surface area contributed by atoms with Gasteiger partial charge in [0.25, 0.3) is 0 Å². The molecule has 0 fully saturated rings. The summed E-state index contributed by atoms with van der Waals surface area (Å²) in [7, 11) is 0. The van der Waals surface area contributed by atoms with Crippen molar-refractivity contribution in [1.29, 1.82) is 0 Å². The third kappa shape index (κ3) is 18.9. The summed E-state index contributed by atoms with van der Waals surface area (Å²) in [6, 6.07) is 0. The lowest BCUT2D eigenvalue weighted by atomic mass is 10.1. The Bertz CT molecular complexity index is 269. The monoisotopic (exact) mass is 316 g/mol. The van der Waals surface area contributed by atoms with Gasteiger partial charge in [0, 0.05) is 18.8 Å². The molecule has 0 rings (SSSR count). The topological polar surface area (TPSA) is 59.6 Å². The molecule has 0 saturated carbocycles. The molecule has 1 amide bonds. The van der Waals surface area contributed by atoms with E-state index in [9.17, 15) is 4.79 Å². The zero-order chi connectivity index (χ0) is 17.2. The van der Waals surface area contributed by atoms with Crippen LogP contribution >= 0.6 is 0 Å². The summed E-state index contributed by atoms with van der Waals surface area (Å²) in [6.45, 7) is 17.3. The van der Waals surface area contributed by atoms with E-state index < -0.39 is 0 Å². The number of allylic oxidation sites excluding steroid dienone is 1. The summed E-state index contributed by atoms with van der Waals surface area (Å²) in [5, 5.41) is 5.90. The van der Waals surface area contributed by atoms with Gasteiger partial charge in [-0.05, 0) is 25.7 Å². The molecule has 0 atom stereocenters. The van der Waals surface area contributed by atoms with E-state index in [1.54, 1.807) is 0 Å². The molecule has 0 saturated heterocycles. The van der Waals surface area contributed by atoms with Crippen molar-refractivity contribution in [2.24, 2.45) is 5.92 Å². The number of hydrogen-bond donors (Lipinski definition) is 2. The molecule has 2 N–H and O–H groups in total. The third-order valence-corrected chi connectivity index (χ3v) is 2.62. The summed E-state index contributed by atoms with van der Waals surface area (Å²) in [4.78, 5) is 11.1. The van der Waals surface area contributed by atoms with Crippen molar-refractivity contribution < 1.29 is 14.3 Å². The summed E-state index contributed by atoms with van der Waals surface area (Å²) in [5.74, 6) is 0.613. The summed E-state index contributed by atoms with van der Waals surface area (Å²) in [5.41, 5.74) is 1.06. The minimum absolute atomic E-state index is 0.0874. The molecule has 0 heterocycles. The Morgan fingerprint density at radius 3 is 2.32 bits per heavy atom. The molecule has 22 heavy (non-hydrogen) atoms. The van der Waals surface area contributed by atoms with Crippen LogP contribution in [0.4, 0.5) is 0 Å². The van der Waals surface area contributed by atoms with Crippen molar-refractivity contribution in [2.75, 3.05) is 39.5 Å². The number of nitrogens with one attached hydrogen (secondary N) is 2. The fourth-order valence-electron chi connectivity index (χ4n) is 1.48. The van der Waals surface area contributed by atoms with Crippen LogP contribution in [-0.4, -0.2) is 45.4 Å². The number of rotatable bonds is 13. The first-order chi connectivity index (χ1) is 10.6. The average molecular weight is 316 g/mol. The Labute approximate surface area is 136 Å². The molecule has 0 spiro atoms. The normalized spacial score (nSPS) is 9.91. The molecule has 0 aliphatic carbocycles. The largest absolute Gasteiger partial charge is 0.387 e. The number of amides is 1. The summed E-state index contributed by atoms with van der Waals surface area (Å²) < 4.78 is 10.6. The first-order valence-electron chi connectivity index (χ1n) is 8.40. The van der Waals surface area contributed by atoms with Crippen molar-refractivity contribution in [3.8, 4) is 0 Å². The maximum absolute atomic E-state index is 11.1. The highest BCUT2D eigenvalue weighted by molar-refractivity contribution is 5.77. The van der Waals surface area contributed by atoms with Gasteiger partial charge in [-0.15, -0.1) is 0 Å². The van der Waals surface area contributed by atoms with Crippen molar-refractivity contribution in [3.63, 3.8) is 0 Å². The van der Waals surface area contributed by atoms with Gasteiger partial charge in [-0.2, -0.15) is 0 Å². The van der Waals surface area contributed by atoms with Gasteiger partial charge in [0.05, 0.1) is 19.8 Å². The molecule has 132 valence electrons. The van der Waals surface area contributed by atoms with Crippen LogP contribution in [-0.2, 0) is 14.3 Å². The molecule has 0 bridgehead atoms. The van der Waals surface area contributed by atoms with Gasteiger partial charge in [0.15, 0.2) is 0 Å². The Hall–Kier alpha value is -1.07. The maximum atomic E-state index is 11.1. The molecule has 0 aromatic rings. The number of hydrogen-bond acceptors (Lipinski definition) is 4.